The molecule has 5 heteroatoms. The van der Waals surface area contributed by atoms with E-state index < -0.39 is 5.97 Å². The quantitative estimate of drug-likeness (QED) is 0.898. The summed E-state index contributed by atoms with van der Waals surface area (Å²) in [7, 11) is 0. The number of aryl methyl sites for hydroxylation is 3. The van der Waals surface area contributed by atoms with Gasteiger partial charge in [-0.1, -0.05) is 22.9 Å². The number of carboxylic acids is 1. The molecule has 0 saturated carbocycles. The Morgan fingerprint density at radius 3 is 2.37 bits per heavy atom. The van der Waals surface area contributed by atoms with Crippen molar-refractivity contribution in [2.45, 2.75) is 27.2 Å². The Kier molecular flexibility index (Phi) is 4.06. The Morgan fingerprint density at radius 2 is 1.95 bits per heavy atom. The van der Waals surface area contributed by atoms with E-state index in [1.807, 2.05) is 32.9 Å². The third-order valence-electron chi connectivity index (χ3n) is 2.91. The number of rotatable bonds is 3. The van der Waals surface area contributed by atoms with Gasteiger partial charge in [0.15, 0.2) is 0 Å². The lowest BCUT2D eigenvalue weighted by Gasteiger charge is -2.05. The number of benzene rings is 1. The van der Waals surface area contributed by atoms with Crippen LogP contribution in [-0.2, 0) is 6.42 Å². The number of thiazole rings is 1. The summed E-state index contributed by atoms with van der Waals surface area (Å²) in [5, 5.41) is 9.94. The molecule has 0 saturated heterocycles. The molecule has 1 aromatic carbocycles. The number of carboxylic acid groups (broad SMARTS) is 1. The van der Waals surface area contributed by atoms with Gasteiger partial charge < -0.3 is 5.11 Å². The molecule has 3 nitrogen and oxygen atoms in total. The summed E-state index contributed by atoms with van der Waals surface area (Å²) in [5.41, 5.74) is 3.89. The second kappa shape index (κ2) is 5.43. The minimum Gasteiger partial charge on any atom is -0.477 e. The van der Waals surface area contributed by atoms with Crippen molar-refractivity contribution in [3.05, 3.63) is 38.3 Å². The number of nitrogens with zero attached hydrogens (tertiary/aromatic N) is 1. The summed E-state index contributed by atoms with van der Waals surface area (Å²) < 4.78 is 1.09. The van der Waals surface area contributed by atoms with Crippen molar-refractivity contribution in [1.82, 2.24) is 4.98 Å². The van der Waals surface area contributed by atoms with Gasteiger partial charge in [-0.3, -0.25) is 0 Å². The van der Waals surface area contributed by atoms with Crippen LogP contribution in [0.2, 0.25) is 0 Å². The summed E-state index contributed by atoms with van der Waals surface area (Å²) in [5.74, 6) is -0.897. The largest absolute Gasteiger partial charge is 0.477 e. The Hall–Kier alpha value is -1.20. The van der Waals surface area contributed by atoms with E-state index in [1.165, 1.54) is 11.3 Å². The minimum atomic E-state index is -0.897. The monoisotopic (exact) mass is 339 g/mol. The molecule has 0 amide bonds. The lowest BCUT2D eigenvalue weighted by atomic mass is 10.1. The van der Waals surface area contributed by atoms with E-state index >= 15 is 0 Å². The van der Waals surface area contributed by atoms with Crippen LogP contribution in [0.3, 0.4) is 0 Å². The van der Waals surface area contributed by atoms with E-state index in [0.717, 1.165) is 26.2 Å². The molecule has 1 heterocycles. The van der Waals surface area contributed by atoms with Crippen molar-refractivity contribution in [1.29, 1.82) is 0 Å². The number of hydrogen-bond acceptors (Lipinski definition) is 3. The van der Waals surface area contributed by atoms with Crippen molar-refractivity contribution in [2.75, 3.05) is 0 Å². The van der Waals surface area contributed by atoms with E-state index in [4.69, 9.17) is 0 Å². The highest BCUT2D eigenvalue weighted by Crippen LogP contribution is 2.32. The first-order valence-electron chi connectivity index (χ1n) is 5.94. The first-order valence-corrected chi connectivity index (χ1v) is 7.55. The average Bonchev–Trinajstić information content (AvgIpc) is 2.79. The fourth-order valence-corrected chi connectivity index (χ4v) is 3.16. The van der Waals surface area contributed by atoms with E-state index in [-0.39, 0.29) is 0 Å². The normalized spacial score (nSPS) is 10.7. The maximum atomic E-state index is 11.2. The standard InChI is InChI=1S/C14H14BrNO2S/c1-4-10-12(14(17)18)19-13(16-10)9-5-7(2)11(15)8(3)6-9/h5-6H,4H2,1-3H3,(H,17,18). The van der Waals surface area contributed by atoms with Crippen molar-refractivity contribution < 1.29 is 9.90 Å². The van der Waals surface area contributed by atoms with Gasteiger partial charge in [-0.15, -0.1) is 11.3 Å². The second-order valence-corrected chi connectivity index (χ2v) is 6.17. The molecule has 0 fully saturated rings. The highest BCUT2D eigenvalue weighted by molar-refractivity contribution is 9.10. The van der Waals surface area contributed by atoms with Gasteiger partial charge in [0, 0.05) is 10.0 Å². The van der Waals surface area contributed by atoms with E-state index in [2.05, 4.69) is 20.9 Å². The minimum absolute atomic E-state index is 0.343. The molecular formula is C14H14BrNO2S. The second-order valence-electron chi connectivity index (χ2n) is 4.38. The molecule has 0 bridgehead atoms. The summed E-state index contributed by atoms with van der Waals surface area (Å²) in [6.45, 7) is 5.96. The van der Waals surface area contributed by atoms with Gasteiger partial charge in [-0.05, 0) is 43.5 Å². The van der Waals surface area contributed by atoms with E-state index in [1.54, 1.807) is 0 Å². The molecule has 1 N–H and O–H groups in total. The molecule has 0 aliphatic rings. The third-order valence-corrected chi connectivity index (χ3v) is 5.30. The van der Waals surface area contributed by atoms with E-state index in [9.17, 15) is 9.90 Å². The van der Waals surface area contributed by atoms with Crippen LogP contribution in [0.4, 0.5) is 0 Å². The molecule has 19 heavy (non-hydrogen) atoms. The lowest BCUT2D eigenvalue weighted by molar-refractivity contribution is 0.0701. The third kappa shape index (κ3) is 2.72. The molecule has 0 spiro atoms. The average molecular weight is 340 g/mol. The summed E-state index contributed by atoms with van der Waals surface area (Å²) in [4.78, 5) is 16.0. The van der Waals surface area contributed by atoms with E-state index in [0.29, 0.717) is 17.0 Å². The predicted molar refractivity (Wildman–Crippen MR) is 81.1 cm³/mol. The number of hydrogen-bond donors (Lipinski definition) is 1. The Balaban J connectivity index is 2.56. The lowest BCUT2D eigenvalue weighted by Crippen LogP contribution is -1.97. The van der Waals surface area contributed by atoms with Gasteiger partial charge in [-0.2, -0.15) is 0 Å². The zero-order valence-electron chi connectivity index (χ0n) is 11.0. The van der Waals surface area contributed by atoms with Gasteiger partial charge in [0.05, 0.1) is 5.69 Å². The number of aromatic carboxylic acids is 1. The molecule has 0 unspecified atom stereocenters. The molecular weight excluding hydrogens is 326 g/mol. The number of carbonyl (C=O) groups is 1. The summed E-state index contributed by atoms with van der Waals surface area (Å²) in [6.07, 6.45) is 0.632. The molecule has 0 aliphatic carbocycles. The fraction of sp³-hybridized carbons (Fsp3) is 0.286. The molecule has 0 atom stereocenters. The van der Waals surface area contributed by atoms with Crippen LogP contribution in [0.1, 0.15) is 33.4 Å². The highest BCUT2D eigenvalue weighted by Gasteiger charge is 2.17. The molecule has 1 aromatic heterocycles. The Labute approximate surface area is 124 Å². The van der Waals surface area contributed by atoms with Crippen LogP contribution < -0.4 is 0 Å². The van der Waals surface area contributed by atoms with Crippen LogP contribution in [-0.4, -0.2) is 16.1 Å². The van der Waals surface area contributed by atoms with Gasteiger partial charge in [0.2, 0.25) is 0 Å². The maximum absolute atomic E-state index is 11.2. The van der Waals surface area contributed by atoms with Gasteiger partial charge in [-0.25, -0.2) is 9.78 Å². The Morgan fingerprint density at radius 1 is 1.37 bits per heavy atom. The number of aromatic nitrogens is 1. The maximum Gasteiger partial charge on any atom is 0.347 e. The highest BCUT2D eigenvalue weighted by atomic mass is 79.9. The first kappa shape index (κ1) is 14.2. The van der Waals surface area contributed by atoms with Crippen LogP contribution in [0.5, 0.6) is 0 Å². The smallest absolute Gasteiger partial charge is 0.347 e. The van der Waals surface area contributed by atoms with Crippen LogP contribution in [0, 0.1) is 13.8 Å². The van der Waals surface area contributed by atoms with Crippen molar-refractivity contribution in [3.8, 4) is 10.6 Å². The zero-order chi connectivity index (χ0) is 14.2. The van der Waals surface area contributed by atoms with Crippen molar-refractivity contribution in [3.63, 3.8) is 0 Å². The zero-order valence-corrected chi connectivity index (χ0v) is 13.4. The molecule has 2 aromatic rings. The molecule has 100 valence electrons. The predicted octanol–water partition coefficient (Wildman–Crippen LogP) is 4.45. The molecule has 2 rings (SSSR count). The van der Waals surface area contributed by atoms with Crippen LogP contribution >= 0.6 is 27.3 Å². The summed E-state index contributed by atoms with van der Waals surface area (Å²) >= 11 is 4.77. The first-order chi connectivity index (χ1) is 8.93. The van der Waals surface area contributed by atoms with Gasteiger partial charge >= 0.3 is 5.97 Å². The SMILES string of the molecule is CCc1nc(-c2cc(C)c(Br)c(C)c2)sc1C(=O)O. The van der Waals surface area contributed by atoms with Crippen LogP contribution in [0.25, 0.3) is 10.6 Å². The number of halogens is 1. The van der Waals surface area contributed by atoms with Gasteiger partial charge in [0.25, 0.3) is 0 Å². The molecule has 0 radical (unpaired) electrons. The molecule has 0 aliphatic heterocycles. The Bertz CT molecular complexity index is 626. The summed E-state index contributed by atoms with van der Waals surface area (Å²) in [6, 6.07) is 4.06. The van der Waals surface area contributed by atoms with Crippen molar-refractivity contribution in [2.24, 2.45) is 0 Å². The van der Waals surface area contributed by atoms with Gasteiger partial charge in [0.1, 0.15) is 9.88 Å². The van der Waals surface area contributed by atoms with Crippen molar-refractivity contribution >= 4 is 33.2 Å². The fourth-order valence-electron chi connectivity index (χ4n) is 1.95. The van der Waals surface area contributed by atoms with Crippen LogP contribution in [0.15, 0.2) is 16.6 Å². The topological polar surface area (TPSA) is 50.2 Å².